The lowest BCUT2D eigenvalue weighted by Crippen LogP contribution is -1.85. The molecule has 0 saturated heterocycles. The quantitative estimate of drug-likeness (QED) is 0.735. The zero-order valence-electron chi connectivity index (χ0n) is 8.15. The average Bonchev–Trinajstić information content (AvgIpc) is 2.29. The second kappa shape index (κ2) is 4.13. The number of rotatable bonds is 2. The van der Waals surface area contributed by atoms with E-state index in [4.69, 9.17) is 5.11 Å². The van der Waals surface area contributed by atoms with Crippen LogP contribution in [0.15, 0.2) is 54.6 Å². The fourth-order valence-electron chi connectivity index (χ4n) is 1.59. The number of fused-ring (bicyclic) bond motifs is 1. The summed E-state index contributed by atoms with van der Waals surface area (Å²) in [5, 5.41) is 10.7. The Hall–Kier alpha value is -1.83. The third-order valence-corrected chi connectivity index (χ3v) is 2.33. The molecular weight excluding hydrogens is 191 g/mol. The molecule has 0 amide bonds. The van der Waals surface area contributed by atoms with Crippen LogP contribution in [0.25, 0.3) is 10.8 Å². The predicted molar refractivity (Wildman–Crippen MR) is 59.5 cm³/mol. The van der Waals surface area contributed by atoms with E-state index in [1.54, 1.807) is 0 Å². The molecule has 15 heavy (non-hydrogen) atoms. The molecule has 0 fully saturated rings. The SMILES string of the molecule is OC=C(F)Cc1ccc2ccccc2c1. The molecule has 0 saturated carbocycles. The lowest BCUT2D eigenvalue weighted by atomic mass is 10.1. The van der Waals surface area contributed by atoms with Crippen molar-refractivity contribution in [1.29, 1.82) is 0 Å². The topological polar surface area (TPSA) is 20.2 Å². The van der Waals surface area contributed by atoms with Crippen LogP contribution in [0, 0.1) is 0 Å². The van der Waals surface area contributed by atoms with Crippen molar-refractivity contribution < 1.29 is 9.50 Å². The number of allylic oxidation sites excluding steroid dienone is 1. The van der Waals surface area contributed by atoms with Crippen LogP contribution in [-0.2, 0) is 6.42 Å². The molecule has 1 nitrogen and oxygen atoms in total. The van der Waals surface area contributed by atoms with Crippen LogP contribution < -0.4 is 0 Å². The van der Waals surface area contributed by atoms with E-state index in [0.29, 0.717) is 6.26 Å². The molecule has 0 spiro atoms. The van der Waals surface area contributed by atoms with Gasteiger partial charge in [-0.3, -0.25) is 0 Å². The van der Waals surface area contributed by atoms with E-state index in [9.17, 15) is 4.39 Å². The highest BCUT2D eigenvalue weighted by Crippen LogP contribution is 2.17. The van der Waals surface area contributed by atoms with Crippen molar-refractivity contribution in [3.05, 3.63) is 60.1 Å². The lowest BCUT2D eigenvalue weighted by Gasteiger charge is -2.01. The number of aliphatic hydroxyl groups is 1. The smallest absolute Gasteiger partial charge is 0.138 e. The highest BCUT2D eigenvalue weighted by molar-refractivity contribution is 5.83. The van der Waals surface area contributed by atoms with E-state index in [0.717, 1.165) is 16.3 Å². The van der Waals surface area contributed by atoms with E-state index in [1.807, 2.05) is 42.5 Å². The first-order valence-corrected chi connectivity index (χ1v) is 4.76. The van der Waals surface area contributed by atoms with Crippen molar-refractivity contribution in [3.8, 4) is 0 Å². The standard InChI is InChI=1S/C13H11FO/c14-13(9-15)8-10-5-6-11-3-1-2-4-12(11)7-10/h1-7,9,15H,8H2. The van der Waals surface area contributed by atoms with Crippen molar-refractivity contribution in [1.82, 2.24) is 0 Å². The molecule has 0 aliphatic carbocycles. The molecule has 0 aliphatic heterocycles. The van der Waals surface area contributed by atoms with E-state index >= 15 is 0 Å². The second-order valence-electron chi connectivity index (χ2n) is 3.43. The Balaban J connectivity index is 2.39. The molecular formula is C13H11FO. The maximum Gasteiger partial charge on any atom is 0.138 e. The number of halogens is 1. The Labute approximate surface area is 87.5 Å². The van der Waals surface area contributed by atoms with E-state index in [2.05, 4.69) is 0 Å². The van der Waals surface area contributed by atoms with Gasteiger partial charge in [0.05, 0.1) is 0 Å². The van der Waals surface area contributed by atoms with Crippen molar-refractivity contribution >= 4 is 10.8 Å². The van der Waals surface area contributed by atoms with Gasteiger partial charge in [-0.25, -0.2) is 4.39 Å². The Morgan fingerprint density at radius 1 is 1.13 bits per heavy atom. The molecule has 0 aromatic heterocycles. The molecule has 0 aliphatic rings. The zero-order chi connectivity index (χ0) is 10.7. The highest BCUT2D eigenvalue weighted by atomic mass is 19.1. The summed E-state index contributed by atoms with van der Waals surface area (Å²) in [4.78, 5) is 0. The predicted octanol–water partition coefficient (Wildman–Crippen LogP) is 3.75. The molecule has 0 bridgehead atoms. The molecule has 0 heterocycles. The minimum absolute atomic E-state index is 0.140. The highest BCUT2D eigenvalue weighted by Gasteiger charge is 1.99. The summed E-state index contributed by atoms with van der Waals surface area (Å²) in [7, 11) is 0. The number of benzene rings is 2. The fraction of sp³-hybridized carbons (Fsp3) is 0.0769. The van der Waals surface area contributed by atoms with Gasteiger partial charge < -0.3 is 5.11 Å². The molecule has 2 heteroatoms. The first-order chi connectivity index (χ1) is 7.29. The van der Waals surface area contributed by atoms with Gasteiger partial charge in [0, 0.05) is 6.42 Å². The Bertz CT molecular complexity index is 503. The first-order valence-electron chi connectivity index (χ1n) is 4.76. The van der Waals surface area contributed by atoms with Crippen LogP contribution in [0.5, 0.6) is 0 Å². The van der Waals surface area contributed by atoms with Gasteiger partial charge in [-0.05, 0) is 16.3 Å². The second-order valence-corrected chi connectivity index (χ2v) is 3.43. The van der Waals surface area contributed by atoms with Crippen molar-refractivity contribution in [2.45, 2.75) is 6.42 Å². The van der Waals surface area contributed by atoms with Gasteiger partial charge in [-0.2, -0.15) is 0 Å². The summed E-state index contributed by atoms with van der Waals surface area (Å²) >= 11 is 0. The van der Waals surface area contributed by atoms with Gasteiger partial charge in [0.1, 0.15) is 12.1 Å². The monoisotopic (exact) mass is 202 g/mol. The molecule has 0 radical (unpaired) electrons. The molecule has 1 N–H and O–H groups in total. The summed E-state index contributed by atoms with van der Waals surface area (Å²) in [6, 6.07) is 13.7. The summed E-state index contributed by atoms with van der Waals surface area (Å²) in [5.74, 6) is -0.523. The molecule has 0 unspecified atom stereocenters. The van der Waals surface area contributed by atoms with Gasteiger partial charge in [-0.1, -0.05) is 42.5 Å². The Kier molecular flexibility index (Phi) is 2.68. The maximum absolute atomic E-state index is 12.8. The van der Waals surface area contributed by atoms with Gasteiger partial charge in [-0.15, -0.1) is 0 Å². The molecule has 0 atom stereocenters. The van der Waals surface area contributed by atoms with Crippen molar-refractivity contribution in [2.75, 3.05) is 0 Å². The van der Waals surface area contributed by atoms with Crippen LogP contribution in [0.4, 0.5) is 4.39 Å². The lowest BCUT2D eigenvalue weighted by molar-refractivity contribution is 0.435. The molecule has 2 aromatic rings. The van der Waals surface area contributed by atoms with E-state index < -0.39 is 5.83 Å². The minimum Gasteiger partial charge on any atom is -0.513 e. The maximum atomic E-state index is 12.8. The summed E-state index contributed by atoms with van der Waals surface area (Å²) in [5.41, 5.74) is 0.858. The van der Waals surface area contributed by atoms with Gasteiger partial charge in [0.25, 0.3) is 0 Å². The third kappa shape index (κ3) is 2.15. The first kappa shape index (κ1) is 9.71. The van der Waals surface area contributed by atoms with Gasteiger partial charge in [0.2, 0.25) is 0 Å². The van der Waals surface area contributed by atoms with Crippen LogP contribution in [-0.4, -0.2) is 5.11 Å². The summed E-state index contributed by atoms with van der Waals surface area (Å²) in [6.45, 7) is 0. The Morgan fingerprint density at radius 2 is 1.87 bits per heavy atom. The summed E-state index contributed by atoms with van der Waals surface area (Å²) in [6.07, 6.45) is 0.649. The average molecular weight is 202 g/mol. The van der Waals surface area contributed by atoms with Gasteiger partial charge >= 0.3 is 0 Å². The van der Waals surface area contributed by atoms with E-state index in [1.165, 1.54) is 0 Å². The zero-order valence-corrected chi connectivity index (χ0v) is 8.15. The largest absolute Gasteiger partial charge is 0.513 e. The molecule has 2 aromatic carbocycles. The fourth-order valence-corrected chi connectivity index (χ4v) is 1.59. The number of aliphatic hydroxyl groups excluding tert-OH is 1. The molecule has 2 rings (SSSR count). The van der Waals surface area contributed by atoms with Gasteiger partial charge in [0.15, 0.2) is 0 Å². The summed E-state index contributed by atoms with van der Waals surface area (Å²) < 4.78 is 12.8. The van der Waals surface area contributed by atoms with Crippen molar-refractivity contribution in [3.63, 3.8) is 0 Å². The normalized spacial score (nSPS) is 11.9. The van der Waals surface area contributed by atoms with Crippen LogP contribution in [0.2, 0.25) is 0 Å². The van der Waals surface area contributed by atoms with E-state index in [-0.39, 0.29) is 6.42 Å². The van der Waals surface area contributed by atoms with Crippen LogP contribution >= 0.6 is 0 Å². The Morgan fingerprint density at radius 3 is 2.60 bits per heavy atom. The van der Waals surface area contributed by atoms with Crippen LogP contribution in [0.3, 0.4) is 0 Å². The van der Waals surface area contributed by atoms with Crippen LogP contribution in [0.1, 0.15) is 5.56 Å². The molecule has 76 valence electrons. The number of hydrogen-bond acceptors (Lipinski definition) is 1. The third-order valence-electron chi connectivity index (χ3n) is 2.33. The number of hydrogen-bond donors (Lipinski definition) is 1. The van der Waals surface area contributed by atoms with Crippen molar-refractivity contribution in [2.24, 2.45) is 0 Å². The minimum atomic E-state index is -0.523.